The highest BCUT2D eigenvalue weighted by Crippen LogP contribution is 2.32. The topological polar surface area (TPSA) is 98.7 Å². The van der Waals surface area contributed by atoms with Gasteiger partial charge in [0, 0.05) is 32.4 Å². The number of likely N-dealkylation sites (tertiary alicyclic amines) is 2. The number of urea groups is 1. The van der Waals surface area contributed by atoms with Crippen LogP contribution >= 0.6 is 0 Å². The van der Waals surface area contributed by atoms with Gasteiger partial charge < -0.3 is 15.1 Å². The van der Waals surface area contributed by atoms with Crippen LogP contribution in [0.25, 0.3) is 0 Å². The molecule has 0 bridgehead atoms. The van der Waals surface area contributed by atoms with Gasteiger partial charge in [0.1, 0.15) is 11.2 Å². The number of piperidine rings is 1. The molecule has 1 aromatic rings. The van der Waals surface area contributed by atoms with Gasteiger partial charge >= 0.3 is 6.03 Å². The van der Waals surface area contributed by atoms with E-state index in [2.05, 4.69) is 27.1 Å². The number of carbonyl (C=O) groups is 3. The third-order valence-corrected chi connectivity index (χ3v) is 6.26. The number of aryl methyl sites for hydroxylation is 1. The number of amides is 4. The molecule has 0 saturated carbocycles. The molecule has 0 radical (unpaired) electrons. The zero-order valence-electron chi connectivity index (χ0n) is 17.1. The SMILES string of the molecule is CCCN1CCC2(CC1)NC(=O)N([C@@H]1CCN(C(=O)c3cnc(C)cn3)C1)C2=O. The van der Waals surface area contributed by atoms with Gasteiger partial charge in [-0.15, -0.1) is 0 Å². The van der Waals surface area contributed by atoms with Gasteiger partial charge in [0.25, 0.3) is 11.8 Å². The van der Waals surface area contributed by atoms with E-state index in [4.69, 9.17) is 0 Å². The van der Waals surface area contributed by atoms with Crippen LogP contribution in [0.4, 0.5) is 4.79 Å². The molecule has 4 rings (SSSR count). The summed E-state index contributed by atoms with van der Waals surface area (Å²) in [5.41, 5.74) is 0.255. The first kappa shape index (κ1) is 19.8. The fourth-order valence-corrected chi connectivity index (χ4v) is 4.59. The molecule has 0 aliphatic carbocycles. The standard InChI is InChI=1S/C20H28N6O3/c1-3-7-24-9-5-20(6-10-24)18(28)26(19(29)23-20)15-4-8-25(13-15)17(27)16-12-21-14(2)11-22-16/h11-12,15H,3-10,13H2,1-2H3,(H,23,29)/t15-/m1/s1. The maximum absolute atomic E-state index is 13.2. The van der Waals surface area contributed by atoms with Crippen molar-refractivity contribution in [2.45, 2.75) is 51.1 Å². The van der Waals surface area contributed by atoms with Crippen molar-refractivity contribution in [2.24, 2.45) is 0 Å². The Labute approximate surface area is 170 Å². The molecule has 0 unspecified atom stereocenters. The Hall–Kier alpha value is -2.55. The number of nitrogens with one attached hydrogen (secondary N) is 1. The monoisotopic (exact) mass is 400 g/mol. The number of aromatic nitrogens is 2. The molecule has 156 valence electrons. The Kier molecular flexibility index (Phi) is 5.24. The number of hydrogen-bond donors (Lipinski definition) is 1. The van der Waals surface area contributed by atoms with Crippen molar-refractivity contribution in [1.29, 1.82) is 0 Å². The van der Waals surface area contributed by atoms with Gasteiger partial charge in [0.2, 0.25) is 0 Å². The minimum Gasteiger partial charge on any atom is -0.335 e. The fourth-order valence-electron chi connectivity index (χ4n) is 4.59. The molecule has 4 amide bonds. The highest BCUT2D eigenvalue weighted by atomic mass is 16.2. The lowest BCUT2D eigenvalue weighted by atomic mass is 9.87. The molecule has 1 spiro atoms. The molecule has 3 aliphatic rings. The van der Waals surface area contributed by atoms with Gasteiger partial charge in [0.05, 0.1) is 17.9 Å². The third kappa shape index (κ3) is 3.59. The summed E-state index contributed by atoms with van der Waals surface area (Å²) < 4.78 is 0. The van der Waals surface area contributed by atoms with Crippen LogP contribution in [0.3, 0.4) is 0 Å². The highest BCUT2D eigenvalue weighted by Gasteiger charge is 2.54. The highest BCUT2D eigenvalue weighted by molar-refractivity contribution is 6.07. The molecule has 3 fully saturated rings. The Morgan fingerprint density at radius 3 is 2.62 bits per heavy atom. The first-order valence-electron chi connectivity index (χ1n) is 10.4. The van der Waals surface area contributed by atoms with Crippen LogP contribution < -0.4 is 5.32 Å². The molecule has 0 aromatic carbocycles. The molecule has 29 heavy (non-hydrogen) atoms. The first-order valence-corrected chi connectivity index (χ1v) is 10.4. The fraction of sp³-hybridized carbons (Fsp3) is 0.650. The van der Waals surface area contributed by atoms with Crippen LogP contribution in [0, 0.1) is 6.92 Å². The zero-order valence-corrected chi connectivity index (χ0v) is 17.1. The summed E-state index contributed by atoms with van der Waals surface area (Å²) in [6.45, 7) is 7.43. The maximum atomic E-state index is 13.2. The Bertz CT molecular complexity index is 803. The Morgan fingerprint density at radius 2 is 1.97 bits per heavy atom. The van der Waals surface area contributed by atoms with Crippen LogP contribution in [0.1, 0.15) is 48.8 Å². The number of nitrogens with zero attached hydrogens (tertiary/aromatic N) is 5. The van der Waals surface area contributed by atoms with Crippen LogP contribution in [0.2, 0.25) is 0 Å². The van der Waals surface area contributed by atoms with Gasteiger partial charge in [-0.05, 0) is 39.2 Å². The minimum absolute atomic E-state index is 0.131. The molecule has 3 saturated heterocycles. The Morgan fingerprint density at radius 1 is 1.21 bits per heavy atom. The quantitative estimate of drug-likeness (QED) is 0.751. The lowest BCUT2D eigenvalue weighted by molar-refractivity contribution is -0.134. The summed E-state index contributed by atoms with van der Waals surface area (Å²) in [5, 5.41) is 2.98. The summed E-state index contributed by atoms with van der Waals surface area (Å²) in [7, 11) is 0. The van der Waals surface area contributed by atoms with E-state index in [9.17, 15) is 14.4 Å². The normalized spacial score (nSPS) is 24.4. The van der Waals surface area contributed by atoms with Crippen molar-refractivity contribution < 1.29 is 14.4 Å². The molecule has 1 atom stereocenters. The van der Waals surface area contributed by atoms with E-state index in [0.717, 1.165) is 31.7 Å². The lowest BCUT2D eigenvalue weighted by Gasteiger charge is -2.37. The van der Waals surface area contributed by atoms with Crippen molar-refractivity contribution in [2.75, 3.05) is 32.7 Å². The molecular formula is C20H28N6O3. The van der Waals surface area contributed by atoms with Crippen LogP contribution in [0.15, 0.2) is 12.4 Å². The van der Waals surface area contributed by atoms with Gasteiger partial charge in [-0.1, -0.05) is 6.92 Å². The molecule has 1 N–H and O–H groups in total. The molecular weight excluding hydrogens is 372 g/mol. The van der Waals surface area contributed by atoms with Crippen molar-refractivity contribution >= 4 is 17.8 Å². The summed E-state index contributed by atoms with van der Waals surface area (Å²) in [4.78, 5) is 52.2. The molecule has 1 aromatic heterocycles. The third-order valence-electron chi connectivity index (χ3n) is 6.26. The number of rotatable bonds is 4. The van der Waals surface area contributed by atoms with Crippen LogP contribution in [-0.2, 0) is 4.79 Å². The lowest BCUT2D eigenvalue weighted by Crippen LogP contribution is -2.55. The number of carbonyl (C=O) groups excluding carboxylic acids is 3. The second-order valence-electron chi connectivity index (χ2n) is 8.27. The van der Waals surface area contributed by atoms with Gasteiger partial charge in [-0.25, -0.2) is 9.78 Å². The van der Waals surface area contributed by atoms with Crippen molar-refractivity contribution in [1.82, 2.24) is 30.0 Å². The van der Waals surface area contributed by atoms with E-state index in [-0.39, 0.29) is 29.6 Å². The summed E-state index contributed by atoms with van der Waals surface area (Å²) in [5.74, 6) is -0.345. The molecule has 9 nitrogen and oxygen atoms in total. The average molecular weight is 400 g/mol. The largest absolute Gasteiger partial charge is 0.335 e. The van der Waals surface area contributed by atoms with E-state index in [0.29, 0.717) is 32.4 Å². The van der Waals surface area contributed by atoms with Crippen molar-refractivity contribution in [3.8, 4) is 0 Å². The molecule has 4 heterocycles. The second-order valence-corrected chi connectivity index (χ2v) is 8.27. The smallest absolute Gasteiger partial charge is 0.325 e. The van der Waals surface area contributed by atoms with E-state index in [1.54, 1.807) is 11.1 Å². The predicted octanol–water partition coefficient (Wildman–Crippen LogP) is 0.796. The van der Waals surface area contributed by atoms with Gasteiger partial charge in [-0.3, -0.25) is 19.5 Å². The Balaban J connectivity index is 1.42. The number of imide groups is 1. The zero-order chi connectivity index (χ0) is 20.6. The predicted molar refractivity (Wildman–Crippen MR) is 105 cm³/mol. The van der Waals surface area contributed by atoms with Crippen LogP contribution in [0.5, 0.6) is 0 Å². The maximum Gasteiger partial charge on any atom is 0.325 e. The van der Waals surface area contributed by atoms with Gasteiger partial charge in [0.15, 0.2) is 0 Å². The summed E-state index contributed by atoms with van der Waals surface area (Å²) in [6, 6.07) is -0.619. The molecule has 3 aliphatic heterocycles. The summed E-state index contributed by atoms with van der Waals surface area (Å²) >= 11 is 0. The second kappa shape index (κ2) is 7.70. The van der Waals surface area contributed by atoms with E-state index < -0.39 is 5.54 Å². The average Bonchev–Trinajstić information content (AvgIpc) is 3.27. The minimum atomic E-state index is -0.777. The van der Waals surface area contributed by atoms with Crippen molar-refractivity contribution in [3.05, 3.63) is 23.8 Å². The van der Waals surface area contributed by atoms with E-state index >= 15 is 0 Å². The first-order chi connectivity index (χ1) is 13.9. The van der Waals surface area contributed by atoms with Crippen LogP contribution in [-0.4, -0.2) is 86.8 Å². The van der Waals surface area contributed by atoms with E-state index in [1.807, 2.05) is 6.92 Å². The van der Waals surface area contributed by atoms with E-state index in [1.165, 1.54) is 11.1 Å². The summed E-state index contributed by atoms with van der Waals surface area (Å²) in [6.07, 6.45) is 5.98. The number of hydrogen-bond acceptors (Lipinski definition) is 6. The van der Waals surface area contributed by atoms with Crippen molar-refractivity contribution in [3.63, 3.8) is 0 Å². The van der Waals surface area contributed by atoms with Gasteiger partial charge in [-0.2, -0.15) is 0 Å². The molecule has 9 heteroatoms.